The largest absolute Gasteiger partial charge is 0.489 e. The lowest BCUT2D eigenvalue weighted by molar-refractivity contribution is 0.304. The van der Waals surface area contributed by atoms with Crippen LogP contribution in [-0.2, 0) is 6.61 Å². The minimum atomic E-state index is 0.253. The highest BCUT2D eigenvalue weighted by molar-refractivity contribution is 6.31. The molecule has 0 N–H and O–H groups in total. The molecule has 0 heterocycles. The van der Waals surface area contributed by atoms with Gasteiger partial charge in [-0.2, -0.15) is 10.5 Å². The normalized spacial score (nSPS) is 9.76. The molecule has 0 aliphatic rings. The lowest BCUT2D eigenvalue weighted by Crippen LogP contribution is -2.00. The third-order valence-electron chi connectivity index (χ3n) is 3.14. The number of nitrogens with zero attached hydrogens (tertiary/aromatic N) is 2. The molecule has 104 valence electrons. The topological polar surface area (TPSA) is 56.8 Å². The van der Waals surface area contributed by atoms with Crippen LogP contribution in [0.3, 0.4) is 0 Å². The molecule has 0 fully saturated rings. The Morgan fingerprint density at radius 2 is 1.71 bits per heavy atom. The van der Waals surface area contributed by atoms with Gasteiger partial charge in [-0.3, -0.25) is 0 Å². The van der Waals surface area contributed by atoms with Crippen molar-refractivity contribution in [1.82, 2.24) is 0 Å². The van der Waals surface area contributed by atoms with Gasteiger partial charge in [0.05, 0.1) is 11.1 Å². The highest BCUT2D eigenvalue weighted by Gasteiger charge is 2.09. The number of hydrogen-bond acceptors (Lipinski definition) is 3. The summed E-state index contributed by atoms with van der Waals surface area (Å²) in [6.07, 6.45) is 0. The minimum absolute atomic E-state index is 0.253. The fourth-order valence-corrected chi connectivity index (χ4v) is 2.25. The molecule has 0 atom stereocenters. The van der Waals surface area contributed by atoms with Crippen molar-refractivity contribution >= 4 is 11.6 Å². The van der Waals surface area contributed by atoms with Gasteiger partial charge < -0.3 is 4.74 Å². The molecule has 0 saturated heterocycles. The van der Waals surface area contributed by atoms with Crippen molar-refractivity contribution in [3.63, 3.8) is 0 Å². The Labute approximate surface area is 129 Å². The minimum Gasteiger partial charge on any atom is -0.489 e. The summed E-state index contributed by atoms with van der Waals surface area (Å²) >= 11 is 6.13. The summed E-state index contributed by atoms with van der Waals surface area (Å²) in [5.41, 5.74) is 3.48. The molecule has 0 aliphatic heterocycles. The molecular formula is C17H13ClN2O. The summed E-state index contributed by atoms with van der Waals surface area (Å²) in [6, 6.07) is 13.0. The number of ether oxygens (including phenoxy) is 1. The van der Waals surface area contributed by atoms with Crippen LogP contribution in [0.2, 0.25) is 5.02 Å². The third kappa shape index (κ3) is 3.34. The fraction of sp³-hybridized carbons (Fsp3) is 0.176. The zero-order valence-corrected chi connectivity index (χ0v) is 12.5. The molecule has 0 aromatic heterocycles. The first-order valence-corrected chi connectivity index (χ1v) is 6.75. The SMILES string of the molecule is Cc1ccc(OCc2cc(C#N)c(C#N)cc2Cl)c(C)c1. The average molecular weight is 297 g/mol. The maximum absolute atomic E-state index is 9.04. The second-order valence-electron chi connectivity index (χ2n) is 4.77. The highest BCUT2D eigenvalue weighted by atomic mass is 35.5. The standard InChI is InChI=1S/C17H13ClN2O/c1-11-3-4-17(12(2)5-11)21-10-15-6-13(8-19)14(9-20)7-16(15)18/h3-7H,10H2,1-2H3. The molecule has 0 unspecified atom stereocenters. The fourth-order valence-electron chi connectivity index (χ4n) is 2.03. The second kappa shape index (κ2) is 6.31. The van der Waals surface area contributed by atoms with E-state index in [0.717, 1.165) is 11.3 Å². The van der Waals surface area contributed by atoms with Gasteiger partial charge in [0.1, 0.15) is 24.5 Å². The zero-order chi connectivity index (χ0) is 15.4. The summed E-state index contributed by atoms with van der Waals surface area (Å²) in [5.74, 6) is 0.777. The van der Waals surface area contributed by atoms with Crippen molar-refractivity contribution in [2.45, 2.75) is 20.5 Å². The highest BCUT2D eigenvalue weighted by Crippen LogP contribution is 2.24. The molecule has 0 saturated carbocycles. The van der Waals surface area contributed by atoms with E-state index in [2.05, 4.69) is 0 Å². The number of aryl methyl sites for hydroxylation is 2. The summed E-state index contributed by atoms with van der Waals surface area (Å²) in [7, 11) is 0. The molecule has 0 bridgehead atoms. The Morgan fingerprint density at radius 3 is 2.33 bits per heavy atom. The smallest absolute Gasteiger partial charge is 0.122 e. The van der Waals surface area contributed by atoms with Gasteiger partial charge >= 0.3 is 0 Å². The maximum Gasteiger partial charge on any atom is 0.122 e. The van der Waals surface area contributed by atoms with Crippen LogP contribution in [0.4, 0.5) is 0 Å². The molecule has 21 heavy (non-hydrogen) atoms. The van der Waals surface area contributed by atoms with Crippen molar-refractivity contribution in [2.24, 2.45) is 0 Å². The quantitative estimate of drug-likeness (QED) is 0.849. The molecule has 0 aliphatic carbocycles. The van der Waals surface area contributed by atoms with E-state index >= 15 is 0 Å². The molecule has 2 aromatic carbocycles. The van der Waals surface area contributed by atoms with Crippen molar-refractivity contribution in [3.05, 3.63) is 63.2 Å². The van der Waals surface area contributed by atoms with Gasteiger partial charge in [-0.15, -0.1) is 0 Å². The van der Waals surface area contributed by atoms with Crippen LogP contribution in [0, 0.1) is 36.5 Å². The van der Waals surface area contributed by atoms with E-state index in [1.165, 1.54) is 11.6 Å². The van der Waals surface area contributed by atoms with Crippen LogP contribution in [0.5, 0.6) is 5.75 Å². The van der Waals surface area contributed by atoms with E-state index in [1.54, 1.807) is 6.07 Å². The molecule has 4 heteroatoms. The summed E-state index contributed by atoms with van der Waals surface area (Å²) in [6.45, 7) is 4.25. The Morgan fingerprint density at radius 1 is 1.05 bits per heavy atom. The predicted molar refractivity (Wildman–Crippen MR) is 81.1 cm³/mol. The number of rotatable bonds is 3. The van der Waals surface area contributed by atoms with Crippen LogP contribution < -0.4 is 4.74 Å². The van der Waals surface area contributed by atoms with E-state index in [1.807, 2.05) is 44.2 Å². The lowest BCUT2D eigenvalue weighted by atomic mass is 10.1. The maximum atomic E-state index is 9.04. The number of halogens is 1. The van der Waals surface area contributed by atoms with Gasteiger partial charge in [0.25, 0.3) is 0 Å². The van der Waals surface area contributed by atoms with Crippen LogP contribution in [0.1, 0.15) is 27.8 Å². The van der Waals surface area contributed by atoms with Crippen LogP contribution in [-0.4, -0.2) is 0 Å². The molecule has 0 amide bonds. The second-order valence-corrected chi connectivity index (χ2v) is 5.18. The average Bonchev–Trinajstić information content (AvgIpc) is 2.47. The van der Waals surface area contributed by atoms with Gasteiger partial charge in [-0.05, 0) is 37.6 Å². The summed E-state index contributed by atoms with van der Waals surface area (Å²) in [5, 5.41) is 18.4. The van der Waals surface area contributed by atoms with Gasteiger partial charge in [0.15, 0.2) is 0 Å². The van der Waals surface area contributed by atoms with E-state index in [-0.39, 0.29) is 12.2 Å². The molecule has 3 nitrogen and oxygen atoms in total. The summed E-state index contributed by atoms with van der Waals surface area (Å²) < 4.78 is 5.75. The molecule has 2 rings (SSSR count). The molecule has 0 spiro atoms. The monoisotopic (exact) mass is 296 g/mol. The number of benzene rings is 2. The number of hydrogen-bond donors (Lipinski definition) is 0. The third-order valence-corrected chi connectivity index (χ3v) is 3.49. The predicted octanol–water partition coefficient (Wildman–Crippen LogP) is 4.28. The van der Waals surface area contributed by atoms with Crippen molar-refractivity contribution < 1.29 is 4.74 Å². The first-order chi connectivity index (χ1) is 10.0. The number of nitriles is 2. The molecule has 2 aromatic rings. The Balaban J connectivity index is 2.25. The van der Waals surface area contributed by atoms with Crippen LogP contribution in [0.15, 0.2) is 30.3 Å². The zero-order valence-electron chi connectivity index (χ0n) is 11.8. The van der Waals surface area contributed by atoms with E-state index < -0.39 is 0 Å². The Kier molecular flexibility index (Phi) is 4.48. The van der Waals surface area contributed by atoms with E-state index in [0.29, 0.717) is 16.1 Å². The van der Waals surface area contributed by atoms with Crippen LogP contribution >= 0.6 is 11.6 Å². The summed E-state index contributed by atoms with van der Waals surface area (Å²) in [4.78, 5) is 0. The Hall–Kier alpha value is -2.49. The van der Waals surface area contributed by atoms with E-state index in [9.17, 15) is 0 Å². The first kappa shape index (κ1) is 14.9. The molecular weight excluding hydrogens is 284 g/mol. The van der Waals surface area contributed by atoms with Crippen molar-refractivity contribution in [2.75, 3.05) is 0 Å². The van der Waals surface area contributed by atoms with Gasteiger partial charge in [0, 0.05) is 10.6 Å². The van der Waals surface area contributed by atoms with Gasteiger partial charge in [-0.1, -0.05) is 29.3 Å². The van der Waals surface area contributed by atoms with Gasteiger partial charge in [0.2, 0.25) is 0 Å². The van der Waals surface area contributed by atoms with Crippen LogP contribution in [0.25, 0.3) is 0 Å². The Bertz CT molecular complexity index is 770. The van der Waals surface area contributed by atoms with Crippen molar-refractivity contribution in [1.29, 1.82) is 10.5 Å². The van der Waals surface area contributed by atoms with Crippen molar-refractivity contribution in [3.8, 4) is 17.9 Å². The first-order valence-electron chi connectivity index (χ1n) is 6.38. The lowest BCUT2D eigenvalue weighted by Gasteiger charge is -2.11. The van der Waals surface area contributed by atoms with Gasteiger partial charge in [-0.25, -0.2) is 0 Å². The van der Waals surface area contributed by atoms with E-state index in [4.69, 9.17) is 26.9 Å². The molecule has 0 radical (unpaired) electrons.